The van der Waals surface area contributed by atoms with E-state index in [1.807, 2.05) is 12.1 Å². The number of carbonyl (C=O) groups is 3. The molecule has 2 heterocycles. The predicted molar refractivity (Wildman–Crippen MR) is 122 cm³/mol. The number of carbonyl (C=O) groups excluding carboxylic acids is 3. The summed E-state index contributed by atoms with van der Waals surface area (Å²) < 4.78 is 18.9. The highest BCUT2D eigenvalue weighted by atomic mass is 79.9. The number of amides is 3. The van der Waals surface area contributed by atoms with Crippen LogP contribution in [0, 0.1) is 5.82 Å². The van der Waals surface area contributed by atoms with Gasteiger partial charge in [0.2, 0.25) is 11.8 Å². The lowest BCUT2D eigenvalue weighted by molar-refractivity contribution is -0.135. The van der Waals surface area contributed by atoms with Gasteiger partial charge in [-0.1, -0.05) is 17.3 Å². The molecule has 2 aromatic carbocycles. The summed E-state index contributed by atoms with van der Waals surface area (Å²) in [4.78, 5) is 40.8. The molecular formula is C23H20BrFN4O4. The molecule has 8 nitrogen and oxygen atoms in total. The Kier molecular flexibility index (Phi) is 6.83. The van der Waals surface area contributed by atoms with E-state index >= 15 is 0 Å². The molecule has 0 spiro atoms. The van der Waals surface area contributed by atoms with E-state index in [9.17, 15) is 18.8 Å². The maximum absolute atomic E-state index is 13.0. The summed E-state index contributed by atoms with van der Waals surface area (Å²) in [6.45, 7) is 1.47. The van der Waals surface area contributed by atoms with Gasteiger partial charge in [0.15, 0.2) is 11.6 Å². The quantitative estimate of drug-likeness (QED) is 0.525. The second-order valence-electron chi connectivity index (χ2n) is 7.46. The van der Waals surface area contributed by atoms with Gasteiger partial charge in [-0.25, -0.2) is 4.39 Å². The number of piperazine rings is 1. The molecule has 4 rings (SSSR count). The van der Waals surface area contributed by atoms with Crippen molar-refractivity contribution in [3.05, 3.63) is 70.5 Å². The first kappa shape index (κ1) is 22.7. The molecule has 0 saturated carbocycles. The van der Waals surface area contributed by atoms with Crippen LogP contribution in [0.15, 0.2) is 63.6 Å². The summed E-state index contributed by atoms with van der Waals surface area (Å²) in [6.07, 6.45) is -0.350. The lowest BCUT2D eigenvalue weighted by Gasteiger charge is -2.34. The summed E-state index contributed by atoms with van der Waals surface area (Å²) in [5, 5.41) is 6.30. The van der Waals surface area contributed by atoms with Crippen molar-refractivity contribution >= 4 is 39.5 Å². The highest BCUT2D eigenvalue weighted by Gasteiger charge is 2.26. The fraction of sp³-hybridized carbons (Fsp3) is 0.217. The van der Waals surface area contributed by atoms with Gasteiger partial charge in [-0.05, 0) is 52.3 Å². The number of hydrogen-bond donors (Lipinski definition) is 1. The molecule has 170 valence electrons. The average Bonchev–Trinajstić information content (AvgIpc) is 3.27. The molecule has 0 radical (unpaired) electrons. The van der Waals surface area contributed by atoms with Crippen LogP contribution in [0.5, 0.6) is 0 Å². The third-order valence-corrected chi connectivity index (χ3v) is 5.93. The van der Waals surface area contributed by atoms with Crippen molar-refractivity contribution in [1.82, 2.24) is 15.0 Å². The number of rotatable bonds is 5. The Morgan fingerprint density at radius 1 is 1.00 bits per heavy atom. The van der Waals surface area contributed by atoms with Crippen molar-refractivity contribution in [2.45, 2.75) is 6.42 Å². The zero-order valence-electron chi connectivity index (χ0n) is 17.5. The molecule has 1 aromatic heterocycles. The van der Waals surface area contributed by atoms with Crippen LogP contribution in [-0.4, -0.2) is 58.9 Å². The van der Waals surface area contributed by atoms with Crippen LogP contribution in [-0.2, 0) is 9.59 Å². The minimum absolute atomic E-state index is 0.102. The summed E-state index contributed by atoms with van der Waals surface area (Å²) in [7, 11) is 0. The van der Waals surface area contributed by atoms with Crippen LogP contribution in [0.3, 0.4) is 0 Å². The molecule has 33 heavy (non-hydrogen) atoms. The van der Waals surface area contributed by atoms with Crippen LogP contribution in [0.1, 0.15) is 16.8 Å². The second kappa shape index (κ2) is 9.95. The van der Waals surface area contributed by atoms with Gasteiger partial charge >= 0.3 is 0 Å². The smallest absolute Gasteiger partial charge is 0.255 e. The molecule has 1 saturated heterocycles. The molecule has 0 bridgehead atoms. The van der Waals surface area contributed by atoms with Crippen molar-refractivity contribution < 1.29 is 23.3 Å². The highest BCUT2D eigenvalue weighted by Crippen LogP contribution is 2.23. The lowest BCUT2D eigenvalue weighted by Crippen LogP contribution is -2.51. The molecule has 0 unspecified atom stereocenters. The molecule has 1 N–H and O–H groups in total. The monoisotopic (exact) mass is 514 g/mol. The van der Waals surface area contributed by atoms with Crippen molar-refractivity contribution in [2.75, 3.05) is 31.5 Å². The number of benzene rings is 2. The highest BCUT2D eigenvalue weighted by molar-refractivity contribution is 9.10. The molecule has 3 aromatic rings. The molecule has 0 atom stereocenters. The third kappa shape index (κ3) is 5.46. The van der Waals surface area contributed by atoms with E-state index in [0.29, 0.717) is 43.1 Å². The first-order valence-electron chi connectivity index (χ1n) is 10.2. The maximum atomic E-state index is 13.0. The van der Waals surface area contributed by atoms with Gasteiger partial charge in [0.25, 0.3) is 5.91 Å². The van der Waals surface area contributed by atoms with Crippen LogP contribution < -0.4 is 5.32 Å². The normalized spacial score (nSPS) is 13.6. The zero-order valence-corrected chi connectivity index (χ0v) is 19.0. The number of nitrogens with zero attached hydrogens (tertiary/aromatic N) is 3. The Hall–Kier alpha value is -3.53. The fourth-order valence-corrected chi connectivity index (χ4v) is 3.94. The number of hydrogen-bond acceptors (Lipinski definition) is 5. The van der Waals surface area contributed by atoms with E-state index in [1.165, 1.54) is 30.3 Å². The average molecular weight is 515 g/mol. The standard InChI is InChI=1S/C23H20BrFN4O4/c24-18-4-2-1-3-17(18)23(32)29-11-9-28(10-12-29)22(31)14-21(30)26-20-13-19(33-27-20)15-5-7-16(25)8-6-15/h1-8,13H,9-12,14H2,(H,26,27,30). The molecular weight excluding hydrogens is 495 g/mol. The Labute approximate surface area is 197 Å². The van der Waals surface area contributed by atoms with E-state index in [1.54, 1.807) is 21.9 Å². The SMILES string of the molecule is O=C(CC(=O)N1CCN(C(=O)c2ccccc2Br)CC1)Nc1cc(-c2ccc(F)cc2)on1. The van der Waals surface area contributed by atoms with E-state index in [4.69, 9.17) is 4.52 Å². The van der Waals surface area contributed by atoms with Crippen molar-refractivity contribution in [3.8, 4) is 11.3 Å². The van der Waals surface area contributed by atoms with Crippen LogP contribution in [0.2, 0.25) is 0 Å². The van der Waals surface area contributed by atoms with Crippen molar-refractivity contribution in [3.63, 3.8) is 0 Å². The summed E-state index contributed by atoms with van der Waals surface area (Å²) in [6, 6.07) is 14.3. The summed E-state index contributed by atoms with van der Waals surface area (Å²) >= 11 is 3.39. The molecule has 1 aliphatic heterocycles. The van der Waals surface area contributed by atoms with E-state index < -0.39 is 5.91 Å². The van der Waals surface area contributed by atoms with Crippen LogP contribution in [0.25, 0.3) is 11.3 Å². The fourth-order valence-electron chi connectivity index (χ4n) is 3.48. The van der Waals surface area contributed by atoms with Gasteiger partial charge < -0.3 is 19.6 Å². The second-order valence-corrected chi connectivity index (χ2v) is 8.32. The van der Waals surface area contributed by atoms with Gasteiger partial charge in [-0.15, -0.1) is 0 Å². The minimum atomic E-state index is -0.523. The first-order chi connectivity index (χ1) is 15.9. The number of anilines is 1. The molecule has 3 amide bonds. The minimum Gasteiger partial charge on any atom is -0.354 e. The Morgan fingerprint density at radius 3 is 2.36 bits per heavy atom. The summed E-state index contributed by atoms with van der Waals surface area (Å²) in [5.74, 6) is -0.800. The topological polar surface area (TPSA) is 95.8 Å². The van der Waals surface area contributed by atoms with Gasteiger partial charge in [0, 0.05) is 42.3 Å². The van der Waals surface area contributed by atoms with Gasteiger partial charge in [0.1, 0.15) is 12.2 Å². The predicted octanol–water partition coefficient (Wildman–Crippen LogP) is 3.56. The third-order valence-electron chi connectivity index (χ3n) is 5.24. The molecule has 0 aliphatic carbocycles. The Morgan fingerprint density at radius 2 is 1.67 bits per heavy atom. The number of nitrogens with one attached hydrogen (secondary N) is 1. The molecule has 1 aliphatic rings. The lowest BCUT2D eigenvalue weighted by atomic mass is 10.1. The van der Waals surface area contributed by atoms with Gasteiger partial charge in [-0.2, -0.15) is 0 Å². The Bertz CT molecular complexity index is 1170. The molecule has 1 fully saturated rings. The van der Waals surface area contributed by atoms with E-state index in [0.717, 1.165) is 4.47 Å². The number of aromatic nitrogens is 1. The van der Waals surface area contributed by atoms with Crippen molar-refractivity contribution in [1.29, 1.82) is 0 Å². The molecule has 10 heteroatoms. The van der Waals surface area contributed by atoms with Crippen LogP contribution in [0.4, 0.5) is 10.2 Å². The van der Waals surface area contributed by atoms with Gasteiger partial charge in [-0.3, -0.25) is 14.4 Å². The maximum Gasteiger partial charge on any atom is 0.255 e. The number of halogens is 2. The van der Waals surface area contributed by atoms with Crippen LogP contribution >= 0.6 is 15.9 Å². The van der Waals surface area contributed by atoms with Crippen molar-refractivity contribution in [2.24, 2.45) is 0 Å². The van der Waals surface area contributed by atoms with E-state index in [2.05, 4.69) is 26.4 Å². The Balaban J connectivity index is 1.27. The largest absolute Gasteiger partial charge is 0.354 e. The van der Waals surface area contributed by atoms with E-state index in [-0.39, 0.29) is 29.9 Å². The first-order valence-corrected chi connectivity index (χ1v) is 11.0. The van der Waals surface area contributed by atoms with Gasteiger partial charge in [0.05, 0.1) is 5.56 Å². The zero-order chi connectivity index (χ0) is 23.4. The summed E-state index contributed by atoms with van der Waals surface area (Å²) in [5.41, 5.74) is 1.18.